The third-order valence-corrected chi connectivity index (χ3v) is 4.89. The summed E-state index contributed by atoms with van der Waals surface area (Å²) in [5.74, 6) is -0.696. The molecule has 0 spiro atoms. The first-order valence-electron chi connectivity index (χ1n) is 9.59. The first kappa shape index (κ1) is 23.2. The van der Waals surface area contributed by atoms with Crippen LogP contribution in [0.4, 0.5) is 0 Å². The van der Waals surface area contributed by atoms with Crippen molar-refractivity contribution >= 4 is 5.97 Å². The molecule has 0 aliphatic rings. The minimum Gasteiger partial charge on any atom is -0.546 e. The van der Waals surface area contributed by atoms with Crippen LogP contribution in [0.15, 0.2) is 78.9 Å². The Kier molecular flexibility index (Phi) is 8.51. The topological polar surface area (TPSA) is 49.4 Å². The fourth-order valence-electron chi connectivity index (χ4n) is 3.27. The van der Waals surface area contributed by atoms with E-state index in [4.69, 9.17) is 4.74 Å². The van der Waals surface area contributed by atoms with Crippen molar-refractivity contribution in [3.8, 4) is 5.75 Å². The van der Waals surface area contributed by atoms with Crippen molar-refractivity contribution < 1.29 is 44.2 Å². The zero-order chi connectivity index (χ0) is 20.0. The summed E-state index contributed by atoms with van der Waals surface area (Å²) in [6.07, 6.45) is 1.97. The van der Waals surface area contributed by atoms with Crippen molar-refractivity contribution in [2.45, 2.75) is 38.7 Å². The molecule has 1 atom stereocenters. The molecule has 0 aromatic heterocycles. The van der Waals surface area contributed by atoms with Gasteiger partial charge in [0.05, 0.1) is 5.97 Å². The van der Waals surface area contributed by atoms with Crippen LogP contribution in [0.5, 0.6) is 5.75 Å². The maximum atomic E-state index is 11.9. The minimum atomic E-state index is -1.44. The van der Waals surface area contributed by atoms with E-state index in [-0.39, 0.29) is 36.0 Å². The van der Waals surface area contributed by atoms with E-state index in [0.29, 0.717) is 5.75 Å². The normalized spacial score (nSPS) is 12.5. The van der Waals surface area contributed by atoms with E-state index in [1.807, 2.05) is 66.7 Å². The first-order chi connectivity index (χ1) is 13.5. The van der Waals surface area contributed by atoms with Crippen molar-refractivity contribution in [2.75, 3.05) is 0 Å². The molecule has 3 aromatic carbocycles. The molecule has 3 aromatic rings. The van der Waals surface area contributed by atoms with Crippen molar-refractivity contribution in [3.05, 3.63) is 101 Å². The number of aryl methyl sites for hydroxylation is 1. The third-order valence-electron chi connectivity index (χ3n) is 4.89. The molecule has 1 unspecified atom stereocenters. The fraction of sp³-hybridized carbons (Fsp3) is 0.240. The summed E-state index contributed by atoms with van der Waals surface area (Å²) < 4.78 is 5.88. The number of rotatable bonds is 8. The number of carboxylic acid groups (broad SMARTS) is 1. The second kappa shape index (κ2) is 10.6. The summed E-state index contributed by atoms with van der Waals surface area (Å²) in [4.78, 5) is 11.9. The molecule has 4 heteroatoms. The monoisotopic (exact) mass is 396 g/mol. The number of hydrogen-bond donors (Lipinski definition) is 0. The Labute approximate surface area is 195 Å². The van der Waals surface area contributed by atoms with Gasteiger partial charge in [-0.1, -0.05) is 73.7 Å². The molecule has 0 bridgehead atoms. The number of carbonyl (C=O) groups is 1. The van der Waals surface area contributed by atoms with Gasteiger partial charge in [-0.3, -0.25) is 0 Å². The van der Waals surface area contributed by atoms with Gasteiger partial charge in [0, 0.05) is 6.42 Å². The molecule has 3 nitrogen and oxygen atoms in total. The van der Waals surface area contributed by atoms with Gasteiger partial charge in [-0.25, -0.2) is 0 Å². The SMILES string of the molecule is CCc1cccc(CC(C)(Oc2ccc(Cc3ccccc3)cc2)C(=O)[O-])c1.[Na+]. The van der Waals surface area contributed by atoms with Crippen LogP contribution in [0.3, 0.4) is 0 Å². The molecule has 0 amide bonds. The summed E-state index contributed by atoms with van der Waals surface area (Å²) in [6, 6.07) is 25.7. The van der Waals surface area contributed by atoms with E-state index >= 15 is 0 Å². The molecule has 0 N–H and O–H groups in total. The molecule has 144 valence electrons. The van der Waals surface area contributed by atoms with E-state index < -0.39 is 11.6 Å². The van der Waals surface area contributed by atoms with Gasteiger partial charge in [0.15, 0.2) is 0 Å². The van der Waals surface area contributed by atoms with Crippen LogP contribution in [0.25, 0.3) is 0 Å². The van der Waals surface area contributed by atoms with E-state index in [9.17, 15) is 9.90 Å². The molecule has 29 heavy (non-hydrogen) atoms. The van der Waals surface area contributed by atoms with E-state index in [2.05, 4.69) is 19.1 Å². The van der Waals surface area contributed by atoms with Crippen molar-refractivity contribution in [3.63, 3.8) is 0 Å². The molecule has 0 saturated heterocycles. The minimum absolute atomic E-state index is 0. The van der Waals surface area contributed by atoms with Crippen LogP contribution >= 0.6 is 0 Å². The van der Waals surface area contributed by atoms with Gasteiger partial charge < -0.3 is 14.6 Å². The van der Waals surface area contributed by atoms with E-state index in [0.717, 1.165) is 24.0 Å². The Bertz CT molecular complexity index is 922. The average molecular weight is 396 g/mol. The van der Waals surface area contributed by atoms with Gasteiger partial charge in [0.25, 0.3) is 0 Å². The smallest absolute Gasteiger partial charge is 0.546 e. The molecule has 0 heterocycles. The van der Waals surface area contributed by atoms with E-state index in [1.54, 1.807) is 6.92 Å². The molecule has 0 radical (unpaired) electrons. The number of benzene rings is 3. The molecule has 0 fully saturated rings. The van der Waals surface area contributed by atoms with Crippen LogP contribution < -0.4 is 39.4 Å². The number of carbonyl (C=O) groups excluding carboxylic acids is 1. The van der Waals surface area contributed by atoms with Crippen LogP contribution in [-0.2, 0) is 24.1 Å². The van der Waals surface area contributed by atoms with Crippen LogP contribution in [-0.4, -0.2) is 11.6 Å². The summed E-state index contributed by atoms with van der Waals surface area (Å²) in [5, 5.41) is 11.9. The Hall–Kier alpha value is -2.07. The molecule has 0 aliphatic heterocycles. The summed E-state index contributed by atoms with van der Waals surface area (Å²) in [5.41, 5.74) is 3.03. The molecular weight excluding hydrogens is 371 g/mol. The van der Waals surface area contributed by atoms with Gasteiger partial charge >= 0.3 is 29.6 Å². The average Bonchev–Trinajstić information content (AvgIpc) is 2.70. The Morgan fingerprint density at radius 2 is 1.45 bits per heavy atom. The largest absolute Gasteiger partial charge is 1.00 e. The fourth-order valence-corrected chi connectivity index (χ4v) is 3.27. The van der Waals surface area contributed by atoms with Gasteiger partial charge in [0.1, 0.15) is 11.4 Å². The second-order valence-electron chi connectivity index (χ2n) is 7.28. The number of hydrogen-bond acceptors (Lipinski definition) is 3. The van der Waals surface area contributed by atoms with Crippen LogP contribution in [0, 0.1) is 0 Å². The molecular formula is C25H25NaO3. The van der Waals surface area contributed by atoms with E-state index in [1.165, 1.54) is 11.1 Å². The van der Waals surface area contributed by atoms with Crippen molar-refractivity contribution in [1.82, 2.24) is 0 Å². The van der Waals surface area contributed by atoms with Crippen molar-refractivity contribution in [1.29, 1.82) is 0 Å². The summed E-state index contributed by atoms with van der Waals surface area (Å²) >= 11 is 0. The standard InChI is InChI=1S/C25H26O3.Na/c1-3-19-10-7-11-22(16-19)18-25(2,24(26)27)28-23-14-12-21(13-15-23)17-20-8-5-4-6-9-20;/h4-16H,3,17-18H2,1-2H3,(H,26,27);/q;+1/p-1. The number of ether oxygens (including phenoxy) is 1. The van der Waals surface area contributed by atoms with Gasteiger partial charge in [-0.15, -0.1) is 0 Å². The Morgan fingerprint density at radius 1 is 0.862 bits per heavy atom. The Morgan fingerprint density at radius 3 is 2.07 bits per heavy atom. The molecule has 0 saturated carbocycles. The molecule has 0 aliphatic carbocycles. The third kappa shape index (κ3) is 6.46. The zero-order valence-electron chi connectivity index (χ0n) is 17.4. The predicted molar refractivity (Wildman–Crippen MR) is 109 cm³/mol. The quantitative estimate of drug-likeness (QED) is 0.534. The van der Waals surface area contributed by atoms with Gasteiger partial charge in [0.2, 0.25) is 0 Å². The number of carboxylic acids is 1. The molecule has 3 rings (SSSR count). The first-order valence-corrected chi connectivity index (χ1v) is 9.59. The maximum absolute atomic E-state index is 11.9. The van der Waals surface area contributed by atoms with Crippen LogP contribution in [0.2, 0.25) is 0 Å². The maximum Gasteiger partial charge on any atom is 1.00 e. The number of aliphatic carboxylic acids is 1. The predicted octanol–water partition coefficient (Wildman–Crippen LogP) is 0.974. The Balaban J connectivity index is 0.00000300. The second-order valence-corrected chi connectivity index (χ2v) is 7.28. The summed E-state index contributed by atoms with van der Waals surface area (Å²) in [7, 11) is 0. The van der Waals surface area contributed by atoms with Crippen LogP contribution in [0.1, 0.15) is 36.1 Å². The van der Waals surface area contributed by atoms with Crippen molar-refractivity contribution in [2.24, 2.45) is 0 Å². The van der Waals surface area contributed by atoms with Gasteiger partial charge in [-0.2, -0.15) is 0 Å². The zero-order valence-corrected chi connectivity index (χ0v) is 19.4. The summed E-state index contributed by atoms with van der Waals surface area (Å²) in [6.45, 7) is 3.64. The van der Waals surface area contributed by atoms with Gasteiger partial charge in [-0.05, 0) is 54.2 Å².